The van der Waals surface area contributed by atoms with Gasteiger partial charge in [0.2, 0.25) is 0 Å². The van der Waals surface area contributed by atoms with E-state index in [1.807, 2.05) is 76.2 Å². The Kier molecular flexibility index (Phi) is 6.31. The van der Waals surface area contributed by atoms with E-state index in [1.54, 1.807) is 13.1 Å². The number of aryl methyl sites for hydroxylation is 4. The van der Waals surface area contributed by atoms with E-state index in [9.17, 15) is 14.4 Å². The molecule has 4 rings (SSSR count). The van der Waals surface area contributed by atoms with Crippen molar-refractivity contribution in [2.24, 2.45) is 5.73 Å². The van der Waals surface area contributed by atoms with Crippen LogP contribution in [-0.2, 0) is 6.54 Å². The number of benzene rings is 3. The van der Waals surface area contributed by atoms with Crippen LogP contribution in [-0.4, -0.2) is 28.5 Å². The van der Waals surface area contributed by atoms with Crippen LogP contribution in [0.1, 0.15) is 38.3 Å². The zero-order valence-electron chi connectivity index (χ0n) is 20.7. The Bertz CT molecular complexity index is 1510. The highest BCUT2D eigenvalue weighted by Gasteiger charge is 2.28. The number of carbonyl (C=O) groups is 2. The molecule has 0 unspecified atom stereocenters. The van der Waals surface area contributed by atoms with Crippen LogP contribution in [0.5, 0.6) is 0 Å². The highest BCUT2D eigenvalue weighted by Crippen LogP contribution is 2.33. The van der Waals surface area contributed by atoms with Crippen molar-refractivity contribution >= 4 is 22.7 Å². The van der Waals surface area contributed by atoms with Gasteiger partial charge in [-0.05, 0) is 61.4 Å². The summed E-state index contributed by atoms with van der Waals surface area (Å²) in [6.45, 7) is 8.18. The van der Waals surface area contributed by atoms with Crippen LogP contribution in [0, 0.1) is 27.7 Å². The van der Waals surface area contributed by atoms with Gasteiger partial charge in [0.1, 0.15) is 5.69 Å². The Morgan fingerprint density at radius 1 is 0.857 bits per heavy atom. The third-order valence-corrected chi connectivity index (χ3v) is 6.33. The summed E-state index contributed by atoms with van der Waals surface area (Å²) in [4.78, 5) is 41.6. The van der Waals surface area contributed by atoms with Gasteiger partial charge < -0.3 is 10.6 Å². The number of hydrogen-bond acceptors (Lipinski definition) is 3. The molecule has 0 bridgehead atoms. The van der Waals surface area contributed by atoms with Crippen molar-refractivity contribution in [2.75, 3.05) is 7.05 Å². The summed E-state index contributed by atoms with van der Waals surface area (Å²) in [6.07, 6.45) is 0. The van der Waals surface area contributed by atoms with E-state index >= 15 is 0 Å². The third-order valence-electron chi connectivity index (χ3n) is 6.33. The second kappa shape index (κ2) is 9.22. The predicted molar refractivity (Wildman–Crippen MR) is 140 cm³/mol. The maximum absolute atomic E-state index is 13.9. The van der Waals surface area contributed by atoms with Crippen molar-refractivity contribution in [3.05, 3.63) is 105 Å². The van der Waals surface area contributed by atoms with Crippen LogP contribution >= 0.6 is 0 Å². The van der Waals surface area contributed by atoms with E-state index in [2.05, 4.69) is 6.07 Å². The number of rotatable bonds is 4. The molecule has 0 aliphatic heterocycles. The van der Waals surface area contributed by atoms with E-state index in [4.69, 9.17) is 5.73 Å². The number of carbonyl (C=O) groups excluding carboxylic acids is 2. The number of amides is 2. The number of primary amides is 1. The Labute approximate surface area is 204 Å². The summed E-state index contributed by atoms with van der Waals surface area (Å²) in [6, 6.07) is 18.1. The number of fused-ring (bicyclic) bond motifs is 1. The van der Waals surface area contributed by atoms with Gasteiger partial charge in [0, 0.05) is 24.5 Å². The standard InChI is InChI=1S/C29H29N3O3/c1-17-11-18(2)13-21(12-17)16-31(5)28(34)26-25(22-9-7-6-8-10-22)23-14-19(3)20(4)15-24(23)27(33)32(26)29(30)35/h6-15H,16H2,1-5H3,(H2,30,35). The summed E-state index contributed by atoms with van der Waals surface area (Å²) in [7, 11) is 1.66. The molecule has 1 aromatic heterocycles. The SMILES string of the molecule is Cc1cc(C)cc(CN(C)C(=O)c2c(-c3ccccc3)c3cc(C)c(C)cc3c(=O)n2C(N)=O)c1. The summed E-state index contributed by atoms with van der Waals surface area (Å²) in [5.74, 6) is -0.459. The van der Waals surface area contributed by atoms with Gasteiger partial charge in [-0.1, -0.05) is 65.7 Å². The Morgan fingerprint density at radius 3 is 2.00 bits per heavy atom. The van der Waals surface area contributed by atoms with Crippen LogP contribution in [0.3, 0.4) is 0 Å². The first kappa shape index (κ1) is 24.0. The molecular formula is C29H29N3O3. The van der Waals surface area contributed by atoms with Crippen LogP contribution in [0.25, 0.3) is 21.9 Å². The van der Waals surface area contributed by atoms with Gasteiger partial charge in [-0.15, -0.1) is 0 Å². The molecule has 2 amide bonds. The second-order valence-electron chi connectivity index (χ2n) is 9.21. The van der Waals surface area contributed by atoms with E-state index in [0.29, 0.717) is 22.9 Å². The number of hydrogen-bond donors (Lipinski definition) is 1. The molecule has 0 radical (unpaired) electrons. The minimum absolute atomic E-state index is 0.0312. The fourth-order valence-corrected chi connectivity index (χ4v) is 4.66. The molecule has 35 heavy (non-hydrogen) atoms. The van der Waals surface area contributed by atoms with Gasteiger partial charge in [0.15, 0.2) is 0 Å². The molecule has 6 nitrogen and oxygen atoms in total. The molecule has 6 heteroatoms. The third kappa shape index (κ3) is 4.47. The number of aromatic nitrogens is 1. The fourth-order valence-electron chi connectivity index (χ4n) is 4.66. The van der Waals surface area contributed by atoms with E-state index in [0.717, 1.165) is 37.9 Å². The average molecular weight is 468 g/mol. The van der Waals surface area contributed by atoms with Crippen LogP contribution in [0.4, 0.5) is 4.79 Å². The van der Waals surface area contributed by atoms with Gasteiger partial charge in [0.05, 0.1) is 0 Å². The molecule has 2 N–H and O–H groups in total. The molecule has 3 aromatic carbocycles. The smallest absolute Gasteiger partial charge is 0.326 e. The largest absolute Gasteiger partial charge is 0.351 e. The van der Waals surface area contributed by atoms with Gasteiger partial charge in [-0.2, -0.15) is 0 Å². The zero-order valence-corrected chi connectivity index (χ0v) is 20.7. The average Bonchev–Trinajstić information content (AvgIpc) is 2.79. The lowest BCUT2D eigenvalue weighted by molar-refractivity contribution is 0.0776. The van der Waals surface area contributed by atoms with Crippen LogP contribution in [0.2, 0.25) is 0 Å². The van der Waals surface area contributed by atoms with Gasteiger partial charge in [0.25, 0.3) is 11.5 Å². The van der Waals surface area contributed by atoms with Crippen molar-refractivity contribution in [2.45, 2.75) is 34.2 Å². The molecule has 178 valence electrons. The monoisotopic (exact) mass is 467 g/mol. The molecule has 0 saturated heterocycles. The molecule has 0 fully saturated rings. The van der Waals surface area contributed by atoms with Crippen molar-refractivity contribution < 1.29 is 9.59 Å². The summed E-state index contributed by atoms with van der Waals surface area (Å²) < 4.78 is 0.819. The fraction of sp³-hybridized carbons (Fsp3) is 0.207. The lowest BCUT2D eigenvalue weighted by Crippen LogP contribution is -2.40. The minimum Gasteiger partial charge on any atom is -0.351 e. The van der Waals surface area contributed by atoms with Crippen molar-refractivity contribution in [1.82, 2.24) is 9.47 Å². The first-order valence-electron chi connectivity index (χ1n) is 11.5. The van der Waals surface area contributed by atoms with Crippen molar-refractivity contribution in [1.29, 1.82) is 0 Å². The van der Waals surface area contributed by atoms with Crippen molar-refractivity contribution in [3.63, 3.8) is 0 Å². The first-order valence-corrected chi connectivity index (χ1v) is 11.5. The quantitative estimate of drug-likeness (QED) is 0.453. The zero-order chi connectivity index (χ0) is 25.4. The lowest BCUT2D eigenvalue weighted by Gasteiger charge is -2.23. The minimum atomic E-state index is -0.990. The van der Waals surface area contributed by atoms with Crippen LogP contribution in [0.15, 0.2) is 65.5 Å². The van der Waals surface area contributed by atoms with Gasteiger partial charge in [-0.25, -0.2) is 9.36 Å². The highest BCUT2D eigenvalue weighted by molar-refractivity contribution is 6.10. The Morgan fingerprint density at radius 2 is 1.43 bits per heavy atom. The summed E-state index contributed by atoms with van der Waals surface area (Å²) in [5.41, 5.74) is 11.3. The summed E-state index contributed by atoms with van der Waals surface area (Å²) in [5, 5.41) is 0.962. The predicted octanol–water partition coefficient (Wildman–Crippen LogP) is 5.10. The lowest BCUT2D eigenvalue weighted by atomic mass is 9.93. The van der Waals surface area contributed by atoms with Gasteiger partial charge >= 0.3 is 6.03 Å². The topological polar surface area (TPSA) is 85.4 Å². The molecule has 1 heterocycles. The highest BCUT2D eigenvalue weighted by atomic mass is 16.2. The van der Waals surface area contributed by atoms with E-state index in [-0.39, 0.29) is 5.69 Å². The number of nitrogens with two attached hydrogens (primary N) is 1. The molecule has 0 spiro atoms. The van der Waals surface area contributed by atoms with Gasteiger partial charge in [-0.3, -0.25) is 9.59 Å². The first-order chi connectivity index (χ1) is 16.6. The molecule has 0 aliphatic carbocycles. The molecule has 0 saturated carbocycles. The molecule has 0 aliphatic rings. The maximum Gasteiger partial charge on any atom is 0.326 e. The molecular weight excluding hydrogens is 438 g/mol. The van der Waals surface area contributed by atoms with Crippen LogP contribution < -0.4 is 11.3 Å². The summed E-state index contributed by atoms with van der Waals surface area (Å²) >= 11 is 0. The van der Waals surface area contributed by atoms with E-state index < -0.39 is 17.5 Å². The second-order valence-corrected chi connectivity index (χ2v) is 9.21. The Hall–Kier alpha value is -4.19. The van der Waals surface area contributed by atoms with E-state index in [1.165, 1.54) is 4.90 Å². The normalized spacial score (nSPS) is 11.0. The Balaban J connectivity index is 2.02. The van der Waals surface area contributed by atoms with Crippen molar-refractivity contribution in [3.8, 4) is 11.1 Å². The number of pyridine rings is 1. The maximum atomic E-state index is 13.9. The number of nitrogens with zero attached hydrogens (tertiary/aromatic N) is 2. The molecule has 4 aromatic rings. The molecule has 0 atom stereocenters.